The Kier molecular flexibility index (Phi) is 3.97. The lowest BCUT2D eigenvalue weighted by Gasteiger charge is -2.30. The molecule has 1 saturated carbocycles. The molecule has 0 radical (unpaired) electrons. The standard InChI is InChI=1S/C15H23N3O3/c1-10(14(20)17-7-3-2-4-8-17)16-12-9-13(19)18(15(12)21)11-5-6-11/h10-12,16H,2-9H2,1H3. The zero-order valence-corrected chi connectivity index (χ0v) is 12.5. The molecular weight excluding hydrogens is 270 g/mol. The van der Waals surface area contributed by atoms with Gasteiger partial charge in [0.1, 0.15) is 0 Å². The molecule has 2 saturated heterocycles. The van der Waals surface area contributed by atoms with E-state index in [1.807, 2.05) is 4.90 Å². The largest absolute Gasteiger partial charge is 0.341 e. The maximum absolute atomic E-state index is 12.4. The van der Waals surface area contributed by atoms with Crippen LogP contribution in [0.1, 0.15) is 45.4 Å². The molecule has 116 valence electrons. The fourth-order valence-corrected chi connectivity index (χ4v) is 3.26. The molecule has 3 amide bonds. The molecule has 0 aromatic carbocycles. The van der Waals surface area contributed by atoms with Gasteiger partial charge in [-0.1, -0.05) is 0 Å². The molecule has 3 rings (SSSR count). The third-order valence-corrected chi connectivity index (χ3v) is 4.58. The molecular formula is C15H23N3O3. The van der Waals surface area contributed by atoms with E-state index in [0.717, 1.165) is 38.8 Å². The first-order valence-corrected chi connectivity index (χ1v) is 7.98. The van der Waals surface area contributed by atoms with E-state index in [2.05, 4.69) is 5.32 Å². The second-order valence-corrected chi connectivity index (χ2v) is 6.36. The monoisotopic (exact) mass is 293 g/mol. The Morgan fingerprint density at radius 2 is 1.86 bits per heavy atom. The molecule has 0 aromatic heterocycles. The quantitative estimate of drug-likeness (QED) is 0.755. The highest BCUT2D eigenvalue weighted by molar-refractivity contribution is 6.06. The topological polar surface area (TPSA) is 69.7 Å². The molecule has 0 spiro atoms. The summed E-state index contributed by atoms with van der Waals surface area (Å²) in [5.74, 6) is -0.210. The minimum atomic E-state index is -0.526. The number of imide groups is 1. The molecule has 1 aliphatic carbocycles. The van der Waals surface area contributed by atoms with Crippen molar-refractivity contribution < 1.29 is 14.4 Å². The Bertz CT molecular complexity index is 455. The van der Waals surface area contributed by atoms with E-state index in [0.29, 0.717) is 0 Å². The Morgan fingerprint density at radius 3 is 2.48 bits per heavy atom. The van der Waals surface area contributed by atoms with E-state index in [9.17, 15) is 14.4 Å². The number of nitrogens with zero attached hydrogens (tertiary/aromatic N) is 2. The van der Waals surface area contributed by atoms with Gasteiger partial charge in [0, 0.05) is 19.1 Å². The number of carbonyl (C=O) groups excluding carboxylic acids is 3. The maximum Gasteiger partial charge on any atom is 0.247 e. The summed E-state index contributed by atoms with van der Waals surface area (Å²) in [7, 11) is 0. The second-order valence-electron chi connectivity index (χ2n) is 6.36. The fourth-order valence-electron chi connectivity index (χ4n) is 3.26. The minimum absolute atomic E-state index is 0.0415. The van der Waals surface area contributed by atoms with Crippen molar-refractivity contribution in [3.8, 4) is 0 Å². The lowest BCUT2D eigenvalue weighted by Crippen LogP contribution is -2.51. The SMILES string of the molecule is CC(NC1CC(=O)N(C2CC2)C1=O)C(=O)N1CCCCC1. The van der Waals surface area contributed by atoms with Crippen molar-refractivity contribution in [1.29, 1.82) is 0 Å². The summed E-state index contributed by atoms with van der Waals surface area (Å²) in [6.07, 6.45) is 5.31. The van der Waals surface area contributed by atoms with Crippen LogP contribution in [0.15, 0.2) is 0 Å². The predicted molar refractivity (Wildman–Crippen MR) is 76.3 cm³/mol. The number of nitrogens with one attached hydrogen (secondary N) is 1. The first-order valence-electron chi connectivity index (χ1n) is 7.98. The van der Waals surface area contributed by atoms with E-state index < -0.39 is 12.1 Å². The number of rotatable bonds is 4. The van der Waals surface area contributed by atoms with E-state index >= 15 is 0 Å². The smallest absolute Gasteiger partial charge is 0.247 e. The summed E-state index contributed by atoms with van der Waals surface area (Å²) in [6, 6.07) is -0.823. The summed E-state index contributed by atoms with van der Waals surface area (Å²) in [5.41, 5.74) is 0. The van der Waals surface area contributed by atoms with Crippen LogP contribution in [0, 0.1) is 0 Å². The summed E-state index contributed by atoms with van der Waals surface area (Å²) in [4.78, 5) is 39.8. The minimum Gasteiger partial charge on any atom is -0.341 e. The van der Waals surface area contributed by atoms with Crippen molar-refractivity contribution in [3.63, 3.8) is 0 Å². The van der Waals surface area contributed by atoms with E-state index in [1.54, 1.807) is 6.92 Å². The molecule has 6 heteroatoms. The first-order chi connectivity index (χ1) is 10.1. The molecule has 0 bridgehead atoms. The summed E-state index contributed by atoms with van der Waals surface area (Å²) in [5, 5.41) is 3.07. The van der Waals surface area contributed by atoms with E-state index in [1.165, 1.54) is 11.3 Å². The first kappa shape index (κ1) is 14.5. The Balaban J connectivity index is 1.57. The van der Waals surface area contributed by atoms with E-state index in [4.69, 9.17) is 0 Å². The van der Waals surface area contributed by atoms with Crippen LogP contribution < -0.4 is 5.32 Å². The molecule has 6 nitrogen and oxygen atoms in total. The Labute approximate surface area is 124 Å². The van der Waals surface area contributed by atoms with Crippen molar-refractivity contribution >= 4 is 17.7 Å². The van der Waals surface area contributed by atoms with Crippen LogP contribution in [0.4, 0.5) is 0 Å². The van der Waals surface area contributed by atoms with Gasteiger partial charge in [-0.25, -0.2) is 0 Å². The van der Waals surface area contributed by atoms with Crippen molar-refractivity contribution in [2.24, 2.45) is 0 Å². The van der Waals surface area contributed by atoms with Gasteiger partial charge in [-0.3, -0.25) is 24.6 Å². The lowest BCUT2D eigenvalue weighted by atomic mass is 10.1. The lowest BCUT2D eigenvalue weighted by molar-refractivity contribution is -0.139. The summed E-state index contributed by atoms with van der Waals surface area (Å²) < 4.78 is 0. The number of carbonyl (C=O) groups is 3. The average Bonchev–Trinajstić information content (AvgIpc) is 3.27. The van der Waals surface area contributed by atoms with Gasteiger partial charge in [-0.2, -0.15) is 0 Å². The zero-order valence-electron chi connectivity index (χ0n) is 12.5. The van der Waals surface area contributed by atoms with Gasteiger partial charge in [-0.15, -0.1) is 0 Å². The predicted octanol–water partition coefficient (Wildman–Crippen LogP) is 0.267. The third-order valence-electron chi connectivity index (χ3n) is 4.58. The fraction of sp³-hybridized carbons (Fsp3) is 0.800. The molecule has 2 aliphatic heterocycles. The number of hydrogen-bond donors (Lipinski definition) is 1. The highest BCUT2D eigenvalue weighted by Gasteiger charge is 2.46. The normalized spacial score (nSPS) is 28.1. The van der Waals surface area contributed by atoms with Crippen molar-refractivity contribution in [3.05, 3.63) is 0 Å². The van der Waals surface area contributed by atoms with Gasteiger partial charge >= 0.3 is 0 Å². The van der Waals surface area contributed by atoms with Crippen LogP contribution in [0.5, 0.6) is 0 Å². The highest BCUT2D eigenvalue weighted by atomic mass is 16.2. The zero-order chi connectivity index (χ0) is 15.0. The number of likely N-dealkylation sites (tertiary alicyclic amines) is 2. The van der Waals surface area contributed by atoms with Crippen LogP contribution in [0.25, 0.3) is 0 Å². The van der Waals surface area contributed by atoms with Gasteiger partial charge in [0.05, 0.1) is 18.5 Å². The molecule has 21 heavy (non-hydrogen) atoms. The van der Waals surface area contributed by atoms with Gasteiger partial charge < -0.3 is 4.90 Å². The molecule has 1 N–H and O–H groups in total. The third kappa shape index (κ3) is 2.95. The van der Waals surface area contributed by atoms with Gasteiger partial charge in [0.25, 0.3) is 0 Å². The van der Waals surface area contributed by atoms with Crippen LogP contribution in [0.3, 0.4) is 0 Å². The number of piperidine rings is 1. The summed E-state index contributed by atoms with van der Waals surface area (Å²) in [6.45, 7) is 3.39. The van der Waals surface area contributed by atoms with Gasteiger partial charge in [-0.05, 0) is 39.0 Å². The highest BCUT2D eigenvalue weighted by Crippen LogP contribution is 2.31. The molecule has 2 heterocycles. The Hall–Kier alpha value is -1.43. The number of amides is 3. The summed E-state index contributed by atoms with van der Waals surface area (Å²) >= 11 is 0. The van der Waals surface area contributed by atoms with Crippen LogP contribution in [-0.4, -0.2) is 58.7 Å². The molecule has 3 aliphatic rings. The average molecular weight is 293 g/mol. The molecule has 3 fully saturated rings. The second kappa shape index (κ2) is 5.75. The van der Waals surface area contributed by atoms with Crippen LogP contribution in [0.2, 0.25) is 0 Å². The van der Waals surface area contributed by atoms with Crippen molar-refractivity contribution in [1.82, 2.24) is 15.1 Å². The van der Waals surface area contributed by atoms with Gasteiger partial charge in [0.2, 0.25) is 17.7 Å². The van der Waals surface area contributed by atoms with Crippen molar-refractivity contribution in [2.75, 3.05) is 13.1 Å². The van der Waals surface area contributed by atoms with Crippen molar-refractivity contribution in [2.45, 2.75) is 63.6 Å². The van der Waals surface area contributed by atoms with Gasteiger partial charge in [0.15, 0.2) is 0 Å². The number of hydrogen-bond acceptors (Lipinski definition) is 4. The maximum atomic E-state index is 12.4. The van der Waals surface area contributed by atoms with Crippen LogP contribution >= 0.6 is 0 Å². The molecule has 0 aromatic rings. The molecule has 2 atom stereocenters. The van der Waals surface area contributed by atoms with Crippen LogP contribution in [-0.2, 0) is 14.4 Å². The van der Waals surface area contributed by atoms with E-state index in [-0.39, 0.29) is 30.2 Å². The molecule has 2 unspecified atom stereocenters. The Morgan fingerprint density at radius 1 is 1.19 bits per heavy atom.